The average molecular weight is 317 g/mol. The molecular formula is C16H11N7O. The zero-order valence-electron chi connectivity index (χ0n) is 12.6. The van der Waals surface area contributed by atoms with Crippen molar-refractivity contribution in [1.82, 2.24) is 35.0 Å². The summed E-state index contributed by atoms with van der Waals surface area (Å²) in [5, 5.41) is 12.2. The lowest BCUT2D eigenvalue weighted by atomic mass is 10.2. The Morgan fingerprint density at radius 1 is 1.08 bits per heavy atom. The van der Waals surface area contributed by atoms with Crippen LogP contribution < -0.4 is 0 Å². The quantitative estimate of drug-likeness (QED) is 0.537. The maximum absolute atomic E-state index is 4.74. The van der Waals surface area contributed by atoms with Crippen molar-refractivity contribution >= 4 is 22.2 Å². The molecule has 5 aromatic rings. The molecule has 0 spiro atoms. The van der Waals surface area contributed by atoms with E-state index in [4.69, 9.17) is 4.63 Å². The van der Waals surface area contributed by atoms with Gasteiger partial charge in [-0.2, -0.15) is 5.10 Å². The first-order valence-electron chi connectivity index (χ1n) is 7.35. The molecule has 4 aromatic heterocycles. The maximum atomic E-state index is 4.74. The fraction of sp³-hybridized carbons (Fsp3) is 0.0625. The van der Waals surface area contributed by atoms with Crippen LogP contribution in [-0.2, 0) is 7.05 Å². The van der Waals surface area contributed by atoms with Crippen molar-refractivity contribution in [3.05, 3.63) is 42.7 Å². The van der Waals surface area contributed by atoms with E-state index in [9.17, 15) is 0 Å². The van der Waals surface area contributed by atoms with Crippen molar-refractivity contribution in [2.75, 3.05) is 0 Å². The predicted octanol–water partition coefficient (Wildman–Crippen LogP) is 2.56. The number of fused-ring (bicyclic) bond motifs is 2. The molecule has 24 heavy (non-hydrogen) atoms. The summed E-state index contributed by atoms with van der Waals surface area (Å²) < 4.78 is 6.50. The standard InChI is InChI=1S/C16H11N7O/c1-23-16-14(13(20-23)10-3-2-6-17-8-10)18-15(19-16)9-4-5-11-12(7-9)22-24-21-11/h2-8H,1H3,(H,18,19). The molecule has 4 heterocycles. The number of rotatable bonds is 2. The van der Waals surface area contributed by atoms with Gasteiger partial charge in [-0.3, -0.25) is 4.98 Å². The van der Waals surface area contributed by atoms with E-state index in [0.29, 0.717) is 11.0 Å². The summed E-state index contributed by atoms with van der Waals surface area (Å²) in [6, 6.07) is 9.54. The molecule has 116 valence electrons. The lowest BCUT2D eigenvalue weighted by Crippen LogP contribution is -1.92. The van der Waals surface area contributed by atoms with Crippen LogP contribution in [0.2, 0.25) is 0 Å². The number of benzene rings is 1. The highest BCUT2D eigenvalue weighted by Crippen LogP contribution is 2.29. The number of nitrogens with zero attached hydrogens (tertiary/aromatic N) is 6. The summed E-state index contributed by atoms with van der Waals surface area (Å²) in [6.45, 7) is 0. The Morgan fingerprint density at radius 3 is 2.88 bits per heavy atom. The fourth-order valence-corrected chi connectivity index (χ4v) is 2.78. The number of aromatic nitrogens is 7. The van der Waals surface area contributed by atoms with Crippen molar-refractivity contribution in [1.29, 1.82) is 0 Å². The van der Waals surface area contributed by atoms with E-state index in [0.717, 1.165) is 33.8 Å². The van der Waals surface area contributed by atoms with Gasteiger partial charge in [0.2, 0.25) is 0 Å². The van der Waals surface area contributed by atoms with Gasteiger partial charge in [0.15, 0.2) is 5.65 Å². The van der Waals surface area contributed by atoms with Crippen LogP contribution in [-0.4, -0.2) is 35.0 Å². The Kier molecular flexibility index (Phi) is 2.55. The average Bonchev–Trinajstić information content (AvgIpc) is 3.31. The Bertz CT molecular complexity index is 1170. The van der Waals surface area contributed by atoms with Crippen molar-refractivity contribution < 1.29 is 4.63 Å². The molecule has 0 saturated heterocycles. The number of hydrogen-bond acceptors (Lipinski definition) is 6. The first-order chi connectivity index (χ1) is 11.8. The van der Waals surface area contributed by atoms with E-state index in [1.165, 1.54) is 0 Å². The molecule has 0 saturated carbocycles. The third kappa shape index (κ3) is 1.83. The SMILES string of the molecule is Cn1nc(-c2cccnc2)c2[nH]c(-c3ccc4nonc4c3)nc21. The second kappa shape index (κ2) is 4.72. The van der Waals surface area contributed by atoms with Gasteiger partial charge in [-0.25, -0.2) is 14.3 Å². The van der Waals surface area contributed by atoms with Crippen molar-refractivity contribution in [2.24, 2.45) is 7.05 Å². The molecule has 1 aromatic carbocycles. The van der Waals surface area contributed by atoms with Gasteiger partial charge in [0.05, 0.1) is 0 Å². The molecule has 8 nitrogen and oxygen atoms in total. The van der Waals surface area contributed by atoms with Crippen LogP contribution in [0.25, 0.3) is 44.8 Å². The molecule has 5 rings (SSSR count). The lowest BCUT2D eigenvalue weighted by Gasteiger charge is -1.97. The van der Waals surface area contributed by atoms with E-state index in [-0.39, 0.29) is 0 Å². The van der Waals surface area contributed by atoms with Crippen LogP contribution >= 0.6 is 0 Å². The van der Waals surface area contributed by atoms with Gasteiger partial charge in [-0.15, -0.1) is 0 Å². The molecule has 8 heteroatoms. The van der Waals surface area contributed by atoms with Crippen molar-refractivity contribution in [3.8, 4) is 22.6 Å². The highest BCUT2D eigenvalue weighted by atomic mass is 16.6. The number of imidazole rings is 1. The molecule has 0 fully saturated rings. The Hall–Kier alpha value is -3.55. The predicted molar refractivity (Wildman–Crippen MR) is 86.9 cm³/mol. The van der Waals surface area contributed by atoms with Gasteiger partial charge in [-0.1, -0.05) is 0 Å². The highest BCUT2D eigenvalue weighted by Gasteiger charge is 2.16. The minimum Gasteiger partial charge on any atom is -0.335 e. The summed E-state index contributed by atoms with van der Waals surface area (Å²) >= 11 is 0. The minimum absolute atomic E-state index is 0.693. The van der Waals surface area contributed by atoms with Crippen LogP contribution in [0.15, 0.2) is 47.4 Å². The monoisotopic (exact) mass is 317 g/mol. The second-order valence-corrected chi connectivity index (χ2v) is 5.47. The zero-order valence-corrected chi connectivity index (χ0v) is 12.6. The zero-order chi connectivity index (χ0) is 16.1. The Morgan fingerprint density at radius 2 is 2.00 bits per heavy atom. The highest BCUT2D eigenvalue weighted by molar-refractivity contribution is 5.90. The van der Waals surface area contributed by atoms with Crippen LogP contribution in [0.1, 0.15) is 0 Å². The van der Waals surface area contributed by atoms with Gasteiger partial charge in [0.25, 0.3) is 0 Å². The summed E-state index contributed by atoms with van der Waals surface area (Å²) in [4.78, 5) is 12.2. The number of H-pyrrole nitrogens is 1. The topological polar surface area (TPSA) is 98.3 Å². The first kappa shape index (κ1) is 12.9. The van der Waals surface area contributed by atoms with Crippen LogP contribution in [0, 0.1) is 0 Å². The van der Waals surface area contributed by atoms with E-state index < -0.39 is 0 Å². The van der Waals surface area contributed by atoms with Gasteiger partial charge < -0.3 is 4.98 Å². The van der Waals surface area contributed by atoms with Crippen LogP contribution in [0.3, 0.4) is 0 Å². The normalized spacial score (nSPS) is 11.5. The number of aromatic amines is 1. The summed E-state index contributed by atoms with van der Waals surface area (Å²) in [5.41, 5.74) is 5.73. The smallest absolute Gasteiger partial charge is 0.177 e. The van der Waals surface area contributed by atoms with Crippen molar-refractivity contribution in [2.45, 2.75) is 0 Å². The minimum atomic E-state index is 0.693. The summed E-state index contributed by atoms with van der Waals surface area (Å²) in [6.07, 6.45) is 3.53. The summed E-state index contributed by atoms with van der Waals surface area (Å²) in [5.74, 6) is 0.744. The van der Waals surface area contributed by atoms with Crippen LogP contribution in [0.4, 0.5) is 0 Å². The first-order valence-corrected chi connectivity index (χ1v) is 7.35. The van der Waals surface area contributed by atoms with Crippen molar-refractivity contribution in [3.63, 3.8) is 0 Å². The van der Waals surface area contributed by atoms with Gasteiger partial charge in [-0.05, 0) is 40.6 Å². The van der Waals surface area contributed by atoms with E-state index in [2.05, 4.69) is 30.4 Å². The molecular weight excluding hydrogens is 306 g/mol. The molecule has 0 radical (unpaired) electrons. The molecule has 1 N–H and O–H groups in total. The summed E-state index contributed by atoms with van der Waals surface area (Å²) in [7, 11) is 1.87. The Balaban J connectivity index is 1.71. The second-order valence-electron chi connectivity index (χ2n) is 5.47. The molecule has 0 aliphatic carbocycles. The molecule has 0 bridgehead atoms. The van der Waals surface area contributed by atoms with E-state index >= 15 is 0 Å². The van der Waals surface area contributed by atoms with Crippen LogP contribution in [0.5, 0.6) is 0 Å². The molecule has 0 aliphatic rings. The molecule has 0 unspecified atom stereocenters. The number of hydrogen-bond donors (Lipinski definition) is 1. The third-order valence-corrected chi connectivity index (χ3v) is 3.94. The largest absolute Gasteiger partial charge is 0.335 e. The fourth-order valence-electron chi connectivity index (χ4n) is 2.78. The lowest BCUT2D eigenvalue weighted by molar-refractivity contribution is 0.315. The Labute approximate surface area is 135 Å². The molecule has 0 aliphatic heterocycles. The van der Waals surface area contributed by atoms with E-state index in [1.54, 1.807) is 17.1 Å². The number of aryl methyl sites for hydroxylation is 1. The van der Waals surface area contributed by atoms with Gasteiger partial charge in [0, 0.05) is 30.6 Å². The third-order valence-electron chi connectivity index (χ3n) is 3.94. The molecule has 0 amide bonds. The van der Waals surface area contributed by atoms with E-state index in [1.807, 2.05) is 37.4 Å². The maximum Gasteiger partial charge on any atom is 0.177 e. The molecule has 0 atom stereocenters. The van der Waals surface area contributed by atoms with Gasteiger partial charge >= 0.3 is 0 Å². The number of nitrogens with one attached hydrogen (secondary N) is 1. The number of pyridine rings is 1. The van der Waals surface area contributed by atoms with Gasteiger partial charge in [0.1, 0.15) is 28.1 Å².